The Hall–Kier alpha value is -2.22. The van der Waals surface area contributed by atoms with E-state index >= 15 is 0 Å². The van der Waals surface area contributed by atoms with Gasteiger partial charge in [-0.25, -0.2) is 0 Å². The zero-order valence-electron chi connectivity index (χ0n) is 21.1. The zero-order chi connectivity index (χ0) is 23.5. The minimum atomic E-state index is 0.408. The summed E-state index contributed by atoms with van der Waals surface area (Å²) in [6.45, 7) is 8.61. The van der Waals surface area contributed by atoms with Gasteiger partial charge >= 0.3 is 0 Å². The molecule has 182 valence electrons. The van der Waals surface area contributed by atoms with Crippen LogP contribution in [0.4, 0.5) is 5.69 Å². The highest BCUT2D eigenvalue weighted by atomic mass is 16.3. The van der Waals surface area contributed by atoms with Crippen LogP contribution in [0.25, 0.3) is 0 Å². The number of piperidine rings is 1. The van der Waals surface area contributed by atoms with Gasteiger partial charge in [-0.3, -0.25) is 0 Å². The van der Waals surface area contributed by atoms with Crippen LogP contribution in [0.15, 0.2) is 54.6 Å². The lowest BCUT2D eigenvalue weighted by atomic mass is 9.80. The first-order chi connectivity index (χ1) is 16.5. The van der Waals surface area contributed by atoms with Crippen LogP contribution < -0.4 is 4.90 Å². The summed E-state index contributed by atoms with van der Waals surface area (Å²) in [7, 11) is 0. The molecule has 1 saturated heterocycles. The average molecular weight is 458 g/mol. The second-order valence-corrected chi connectivity index (χ2v) is 11.6. The van der Waals surface area contributed by atoms with Gasteiger partial charge in [0.05, 0.1) is 0 Å². The van der Waals surface area contributed by atoms with E-state index in [4.69, 9.17) is 0 Å². The summed E-state index contributed by atoms with van der Waals surface area (Å²) in [5.74, 6) is 3.62. The predicted molar refractivity (Wildman–Crippen MR) is 144 cm³/mol. The molecule has 3 fully saturated rings. The van der Waals surface area contributed by atoms with Gasteiger partial charge in [0, 0.05) is 24.8 Å². The van der Waals surface area contributed by atoms with Crippen molar-refractivity contribution < 1.29 is 5.11 Å². The summed E-state index contributed by atoms with van der Waals surface area (Å²) in [5, 5.41) is 10.2. The molecular weight excluding hydrogens is 414 g/mol. The summed E-state index contributed by atoms with van der Waals surface area (Å²) in [5.41, 5.74) is 7.11. The number of allylic oxidation sites excluding steroid dienone is 1. The smallest absolute Gasteiger partial charge is 0.117 e. The molecule has 2 aliphatic carbocycles. The first kappa shape index (κ1) is 23.5. The first-order valence-electron chi connectivity index (χ1n) is 13.8. The van der Waals surface area contributed by atoms with Crippen molar-refractivity contribution in [2.75, 3.05) is 18.0 Å². The molecule has 0 radical (unpaired) electrons. The third-order valence-corrected chi connectivity index (χ3v) is 8.74. The fourth-order valence-corrected chi connectivity index (χ4v) is 6.27. The average Bonchev–Trinajstić information content (AvgIpc) is 3.65. The van der Waals surface area contributed by atoms with Crippen LogP contribution in [0.5, 0.6) is 5.75 Å². The van der Waals surface area contributed by atoms with Crippen LogP contribution in [-0.2, 0) is 12.8 Å². The number of aromatic hydroxyl groups is 1. The Balaban J connectivity index is 1.15. The minimum Gasteiger partial charge on any atom is -0.508 e. The van der Waals surface area contributed by atoms with Crippen LogP contribution in [-0.4, -0.2) is 18.2 Å². The lowest BCUT2D eigenvalue weighted by Gasteiger charge is -2.36. The molecule has 1 N–H and O–H groups in total. The van der Waals surface area contributed by atoms with Gasteiger partial charge in [0.25, 0.3) is 0 Å². The molecule has 1 unspecified atom stereocenters. The van der Waals surface area contributed by atoms with Gasteiger partial charge < -0.3 is 10.0 Å². The van der Waals surface area contributed by atoms with Crippen LogP contribution in [0.1, 0.15) is 87.3 Å². The Bertz CT molecular complexity index is 978. The summed E-state index contributed by atoms with van der Waals surface area (Å²) in [6, 6.07) is 15.5. The molecule has 2 saturated carbocycles. The minimum absolute atomic E-state index is 0.408. The predicted octanol–water partition coefficient (Wildman–Crippen LogP) is 8.04. The van der Waals surface area contributed by atoms with Crippen molar-refractivity contribution in [1.29, 1.82) is 0 Å². The number of hydrogen-bond acceptors (Lipinski definition) is 2. The van der Waals surface area contributed by atoms with Crippen molar-refractivity contribution in [3.8, 4) is 5.75 Å². The molecule has 0 aromatic heterocycles. The lowest BCUT2D eigenvalue weighted by molar-refractivity contribution is 0.314. The molecule has 1 heterocycles. The third-order valence-electron chi connectivity index (χ3n) is 8.74. The fraction of sp³-hybridized carbons (Fsp3) is 0.562. The number of anilines is 1. The van der Waals surface area contributed by atoms with E-state index < -0.39 is 0 Å². The van der Waals surface area contributed by atoms with E-state index in [2.05, 4.69) is 48.7 Å². The molecule has 2 heteroatoms. The van der Waals surface area contributed by atoms with Gasteiger partial charge in [-0.05, 0) is 105 Å². The standard InChI is InChI=1S/C32H43NO/c1-23(2)19-31(27-11-12-27)28-8-4-7-26(20-28)10-9-24-15-17-33(18-16-24)32-22-30(34)14-13-29(32)21-25-5-3-6-25/h4,7-8,13-14,20,22,24-25,27,31,34H,1,3,5-6,9-12,15-19,21H2,2H3. The molecule has 0 bridgehead atoms. The maximum absolute atomic E-state index is 10.2. The van der Waals surface area contributed by atoms with Crippen molar-refractivity contribution in [3.63, 3.8) is 0 Å². The SMILES string of the molecule is C=C(C)CC(c1cccc(CCC2CCN(c3cc(O)ccc3CC3CCC3)CC2)c1)C1CC1. The van der Waals surface area contributed by atoms with E-state index in [0.717, 1.165) is 37.3 Å². The number of aryl methyl sites for hydroxylation is 1. The number of benzene rings is 2. The number of phenols is 1. The molecule has 2 aromatic rings. The Labute approximate surface area is 207 Å². The van der Waals surface area contributed by atoms with Gasteiger partial charge in [0.1, 0.15) is 5.75 Å². The molecule has 2 nitrogen and oxygen atoms in total. The quantitative estimate of drug-likeness (QED) is 0.365. The highest BCUT2D eigenvalue weighted by Crippen LogP contribution is 2.45. The molecule has 0 spiro atoms. The van der Waals surface area contributed by atoms with E-state index in [1.807, 2.05) is 12.1 Å². The summed E-state index contributed by atoms with van der Waals surface area (Å²) in [4.78, 5) is 2.54. The zero-order valence-corrected chi connectivity index (χ0v) is 21.1. The Morgan fingerprint density at radius 2 is 1.79 bits per heavy atom. The topological polar surface area (TPSA) is 23.5 Å². The summed E-state index contributed by atoms with van der Waals surface area (Å²) >= 11 is 0. The number of nitrogens with zero attached hydrogens (tertiary/aromatic N) is 1. The third kappa shape index (κ3) is 5.88. The van der Waals surface area contributed by atoms with Gasteiger partial charge in [0.2, 0.25) is 0 Å². The van der Waals surface area contributed by atoms with Gasteiger partial charge in [-0.2, -0.15) is 0 Å². The molecule has 1 aliphatic heterocycles. The van der Waals surface area contributed by atoms with E-state index in [0.29, 0.717) is 11.7 Å². The normalized spacial score (nSPS) is 20.2. The summed E-state index contributed by atoms with van der Waals surface area (Å²) in [6.07, 6.45) is 14.3. The van der Waals surface area contributed by atoms with Crippen LogP contribution in [0, 0.1) is 17.8 Å². The highest BCUT2D eigenvalue weighted by Gasteiger charge is 2.32. The van der Waals surface area contributed by atoms with E-state index in [1.54, 1.807) is 5.56 Å². The molecule has 34 heavy (non-hydrogen) atoms. The van der Waals surface area contributed by atoms with Gasteiger partial charge in [0.15, 0.2) is 0 Å². The molecule has 1 atom stereocenters. The Morgan fingerprint density at radius 3 is 2.47 bits per heavy atom. The molecular formula is C32H43NO. The van der Waals surface area contributed by atoms with E-state index in [9.17, 15) is 5.11 Å². The number of rotatable bonds is 10. The second-order valence-electron chi connectivity index (χ2n) is 11.6. The lowest BCUT2D eigenvalue weighted by Crippen LogP contribution is -2.34. The maximum atomic E-state index is 10.2. The van der Waals surface area contributed by atoms with E-state index in [1.165, 1.54) is 86.6 Å². The number of phenolic OH excluding ortho intramolecular Hbond substituents is 1. The fourth-order valence-electron chi connectivity index (χ4n) is 6.27. The van der Waals surface area contributed by atoms with Crippen molar-refractivity contribution in [1.82, 2.24) is 0 Å². The monoisotopic (exact) mass is 457 g/mol. The second kappa shape index (κ2) is 10.6. The van der Waals surface area contributed by atoms with Crippen molar-refractivity contribution in [3.05, 3.63) is 71.3 Å². The molecule has 0 amide bonds. The molecule has 5 rings (SSSR count). The largest absolute Gasteiger partial charge is 0.508 e. The first-order valence-corrected chi connectivity index (χ1v) is 13.8. The maximum Gasteiger partial charge on any atom is 0.117 e. The van der Waals surface area contributed by atoms with Gasteiger partial charge in [-0.15, -0.1) is 6.58 Å². The van der Waals surface area contributed by atoms with E-state index in [-0.39, 0.29) is 0 Å². The number of hydrogen-bond donors (Lipinski definition) is 1. The van der Waals surface area contributed by atoms with Crippen molar-refractivity contribution in [2.24, 2.45) is 17.8 Å². The Morgan fingerprint density at radius 1 is 1.00 bits per heavy atom. The van der Waals surface area contributed by atoms with Crippen molar-refractivity contribution in [2.45, 2.75) is 83.5 Å². The van der Waals surface area contributed by atoms with Gasteiger partial charge in [-0.1, -0.05) is 55.2 Å². The Kier molecular flexibility index (Phi) is 7.32. The molecule has 3 aliphatic rings. The van der Waals surface area contributed by atoms with Crippen LogP contribution in [0.2, 0.25) is 0 Å². The summed E-state index contributed by atoms with van der Waals surface area (Å²) < 4.78 is 0. The van der Waals surface area contributed by atoms with Crippen molar-refractivity contribution >= 4 is 5.69 Å². The van der Waals surface area contributed by atoms with Crippen LogP contribution in [0.3, 0.4) is 0 Å². The van der Waals surface area contributed by atoms with Crippen LogP contribution >= 0.6 is 0 Å². The molecule has 2 aromatic carbocycles. The highest BCUT2D eigenvalue weighted by molar-refractivity contribution is 5.57.